The van der Waals surface area contributed by atoms with Gasteiger partial charge in [0.1, 0.15) is 6.54 Å². The fourth-order valence-electron chi connectivity index (χ4n) is 4.59. The third kappa shape index (κ3) is 2.58. The summed E-state index contributed by atoms with van der Waals surface area (Å²) in [5.74, 6) is -0.751. The standard InChI is InChI=1S/C20H22N2O3/c1-2-12-5-3-4-6-15(12)10-21-16(23)11-22-19(24)17-13-7-8-14(9-13)18(17)20(22)25/h3-8,13-14,17-18H,2,9-11H2,1H3,(H,21,23). The van der Waals surface area contributed by atoms with E-state index in [2.05, 4.69) is 24.4 Å². The smallest absolute Gasteiger partial charge is 0.240 e. The average Bonchev–Trinajstić information content (AvgIpc) is 3.30. The van der Waals surface area contributed by atoms with Gasteiger partial charge in [0.05, 0.1) is 11.8 Å². The van der Waals surface area contributed by atoms with E-state index in [9.17, 15) is 14.4 Å². The van der Waals surface area contributed by atoms with Crippen molar-refractivity contribution in [1.29, 1.82) is 0 Å². The molecule has 0 spiro atoms. The van der Waals surface area contributed by atoms with Crippen molar-refractivity contribution in [1.82, 2.24) is 10.2 Å². The number of imide groups is 1. The molecule has 5 nitrogen and oxygen atoms in total. The Kier molecular flexibility index (Phi) is 3.94. The van der Waals surface area contributed by atoms with E-state index in [4.69, 9.17) is 0 Å². The van der Waals surface area contributed by atoms with Crippen LogP contribution in [0.3, 0.4) is 0 Å². The quantitative estimate of drug-likeness (QED) is 0.656. The fraction of sp³-hybridized carbons (Fsp3) is 0.450. The number of nitrogens with one attached hydrogen (secondary N) is 1. The number of carbonyl (C=O) groups is 3. The Bertz CT molecular complexity index is 740. The highest BCUT2D eigenvalue weighted by Crippen LogP contribution is 2.52. The van der Waals surface area contributed by atoms with Crippen molar-refractivity contribution in [2.24, 2.45) is 23.7 Å². The van der Waals surface area contributed by atoms with E-state index in [0.29, 0.717) is 6.54 Å². The summed E-state index contributed by atoms with van der Waals surface area (Å²) in [6.07, 6.45) is 5.92. The van der Waals surface area contributed by atoms with Gasteiger partial charge in [0, 0.05) is 6.54 Å². The number of rotatable bonds is 5. The lowest BCUT2D eigenvalue weighted by Gasteiger charge is -2.17. The summed E-state index contributed by atoms with van der Waals surface area (Å²) in [5.41, 5.74) is 2.25. The van der Waals surface area contributed by atoms with Crippen molar-refractivity contribution in [3.05, 3.63) is 47.5 Å². The highest BCUT2D eigenvalue weighted by Gasteiger charge is 2.59. The molecule has 1 N–H and O–H groups in total. The second-order valence-corrected chi connectivity index (χ2v) is 7.16. The molecule has 2 bridgehead atoms. The molecule has 3 aliphatic rings. The Labute approximate surface area is 147 Å². The summed E-state index contributed by atoms with van der Waals surface area (Å²) in [5, 5.41) is 2.84. The maximum Gasteiger partial charge on any atom is 0.240 e. The van der Waals surface area contributed by atoms with Crippen LogP contribution in [0, 0.1) is 23.7 Å². The molecule has 1 aliphatic heterocycles. The maximum atomic E-state index is 12.6. The van der Waals surface area contributed by atoms with Gasteiger partial charge in [0.15, 0.2) is 0 Å². The number of hydrogen-bond acceptors (Lipinski definition) is 3. The molecule has 4 atom stereocenters. The first-order valence-corrected chi connectivity index (χ1v) is 8.97. The molecule has 3 amide bonds. The molecule has 4 rings (SSSR count). The van der Waals surface area contributed by atoms with Gasteiger partial charge in [-0.3, -0.25) is 19.3 Å². The van der Waals surface area contributed by atoms with Crippen LogP contribution < -0.4 is 5.32 Å². The Hall–Kier alpha value is -2.43. The van der Waals surface area contributed by atoms with E-state index < -0.39 is 0 Å². The van der Waals surface area contributed by atoms with Crippen LogP contribution in [-0.4, -0.2) is 29.2 Å². The van der Waals surface area contributed by atoms with E-state index in [1.165, 1.54) is 10.5 Å². The zero-order valence-corrected chi connectivity index (χ0v) is 14.3. The number of likely N-dealkylation sites (tertiary alicyclic amines) is 1. The first kappa shape index (κ1) is 16.1. The molecule has 1 heterocycles. The number of nitrogens with zero attached hydrogens (tertiary/aromatic N) is 1. The lowest BCUT2D eigenvalue weighted by molar-refractivity contribution is -0.144. The summed E-state index contributed by atoms with van der Waals surface area (Å²) in [7, 11) is 0. The van der Waals surface area contributed by atoms with Crippen molar-refractivity contribution in [2.45, 2.75) is 26.3 Å². The number of benzene rings is 1. The predicted octanol–water partition coefficient (Wildman–Crippen LogP) is 1.67. The molecule has 0 radical (unpaired) electrons. The summed E-state index contributed by atoms with van der Waals surface area (Å²) in [6, 6.07) is 7.95. The molecule has 4 unspecified atom stereocenters. The van der Waals surface area contributed by atoms with Crippen LogP contribution in [0.1, 0.15) is 24.5 Å². The monoisotopic (exact) mass is 338 g/mol. The van der Waals surface area contributed by atoms with Gasteiger partial charge in [-0.2, -0.15) is 0 Å². The van der Waals surface area contributed by atoms with Gasteiger partial charge in [-0.05, 0) is 35.8 Å². The minimum atomic E-state index is -0.284. The predicted molar refractivity (Wildman–Crippen MR) is 92.1 cm³/mol. The van der Waals surface area contributed by atoms with Gasteiger partial charge < -0.3 is 5.32 Å². The molecule has 130 valence electrons. The van der Waals surface area contributed by atoms with Gasteiger partial charge >= 0.3 is 0 Å². The first-order valence-electron chi connectivity index (χ1n) is 8.97. The highest BCUT2D eigenvalue weighted by atomic mass is 16.2. The molecular formula is C20H22N2O3. The summed E-state index contributed by atoms with van der Waals surface area (Å²) in [4.78, 5) is 38.6. The molecule has 1 aromatic carbocycles. The molecule has 25 heavy (non-hydrogen) atoms. The van der Waals surface area contributed by atoms with Gasteiger partial charge in [0.2, 0.25) is 17.7 Å². The van der Waals surface area contributed by atoms with E-state index in [1.54, 1.807) is 0 Å². The molecular weight excluding hydrogens is 316 g/mol. The lowest BCUT2D eigenvalue weighted by Crippen LogP contribution is -2.41. The van der Waals surface area contributed by atoms with Gasteiger partial charge in [-0.1, -0.05) is 43.3 Å². The number of amides is 3. The normalized spacial score (nSPS) is 29.4. The van der Waals surface area contributed by atoms with Crippen LogP contribution in [-0.2, 0) is 27.3 Å². The number of allylic oxidation sites excluding steroid dienone is 2. The topological polar surface area (TPSA) is 66.5 Å². The zero-order valence-electron chi connectivity index (χ0n) is 14.3. The van der Waals surface area contributed by atoms with Crippen LogP contribution in [0.2, 0.25) is 0 Å². The molecule has 5 heteroatoms. The highest BCUT2D eigenvalue weighted by molar-refractivity contribution is 6.08. The minimum Gasteiger partial charge on any atom is -0.350 e. The van der Waals surface area contributed by atoms with Crippen LogP contribution in [0.15, 0.2) is 36.4 Å². The average molecular weight is 338 g/mol. The van der Waals surface area contributed by atoms with Gasteiger partial charge in [-0.25, -0.2) is 0 Å². The molecule has 0 aromatic heterocycles. The molecule has 1 saturated heterocycles. The van der Waals surface area contributed by atoms with Crippen LogP contribution in [0.4, 0.5) is 0 Å². The zero-order chi connectivity index (χ0) is 17.6. The third-order valence-electron chi connectivity index (χ3n) is 5.84. The van der Waals surface area contributed by atoms with Crippen LogP contribution in [0.25, 0.3) is 0 Å². The Morgan fingerprint density at radius 1 is 1.08 bits per heavy atom. The van der Waals surface area contributed by atoms with Crippen molar-refractivity contribution >= 4 is 17.7 Å². The van der Waals surface area contributed by atoms with Gasteiger partial charge in [-0.15, -0.1) is 0 Å². The second kappa shape index (κ2) is 6.14. The molecule has 1 saturated carbocycles. The van der Waals surface area contributed by atoms with Crippen LogP contribution >= 0.6 is 0 Å². The van der Waals surface area contributed by atoms with Crippen molar-refractivity contribution < 1.29 is 14.4 Å². The van der Waals surface area contributed by atoms with Crippen LogP contribution in [0.5, 0.6) is 0 Å². The Morgan fingerprint density at radius 3 is 2.28 bits per heavy atom. The van der Waals surface area contributed by atoms with Crippen molar-refractivity contribution in [3.63, 3.8) is 0 Å². The number of aryl methyl sites for hydroxylation is 1. The summed E-state index contributed by atoms with van der Waals surface area (Å²) >= 11 is 0. The minimum absolute atomic E-state index is 0.168. The molecule has 1 aromatic rings. The SMILES string of the molecule is CCc1ccccc1CNC(=O)CN1C(=O)C2C3C=CC(C3)C2C1=O. The van der Waals surface area contributed by atoms with Gasteiger partial charge in [0.25, 0.3) is 0 Å². The number of hydrogen-bond donors (Lipinski definition) is 1. The van der Waals surface area contributed by atoms with Crippen molar-refractivity contribution in [2.75, 3.05) is 6.54 Å². The Balaban J connectivity index is 1.39. The van der Waals surface area contributed by atoms with Crippen molar-refractivity contribution in [3.8, 4) is 0 Å². The lowest BCUT2D eigenvalue weighted by atomic mass is 9.85. The Morgan fingerprint density at radius 2 is 1.68 bits per heavy atom. The number of fused-ring (bicyclic) bond motifs is 5. The largest absolute Gasteiger partial charge is 0.350 e. The third-order valence-corrected chi connectivity index (χ3v) is 5.84. The van der Waals surface area contributed by atoms with E-state index in [-0.39, 0.29) is 47.9 Å². The number of carbonyl (C=O) groups excluding carboxylic acids is 3. The maximum absolute atomic E-state index is 12.6. The fourth-order valence-corrected chi connectivity index (χ4v) is 4.59. The first-order chi connectivity index (χ1) is 12.1. The van der Waals surface area contributed by atoms with E-state index >= 15 is 0 Å². The second-order valence-electron chi connectivity index (χ2n) is 7.16. The summed E-state index contributed by atoms with van der Waals surface area (Å²) in [6.45, 7) is 2.32. The summed E-state index contributed by atoms with van der Waals surface area (Å²) < 4.78 is 0. The molecule has 2 aliphatic carbocycles. The molecule has 2 fully saturated rings. The van der Waals surface area contributed by atoms with E-state index in [0.717, 1.165) is 18.4 Å². The van der Waals surface area contributed by atoms with E-state index in [1.807, 2.05) is 24.3 Å².